The number of nitrogens with zero attached hydrogens (tertiary/aromatic N) is 2. The second kappa shape index (κ2) is 5.77. The Bertz CT molecular complexity index is 667. The lowest BCUT2D eigenvalue weighted by atomic mass is 10.1. The zero-order valence-corrected chi connectivity index (χ0v) is 11.7. The lowest BCUT2D eigenvalue weighted by Crippen LogP contribution is -2.23. The highest BCUT2D eigenvalue weighted by Gasteiger charge is 2.30. The van der Waals surface area contributed by atoms with Crippen molar-refractivity contribution in [2.45, 2.75) is 12.7 Å². The smallest absolute Gasteiger partial charge is 0.348 e. The first kappa shape index (κ1) is 15.4. The minimum Gasteiger partial charge on any atom is -0.348 e. The first-order chi connectivity index (χ1) is 9.79. The highest BCUT2D eigenvalue weighted by Crippen LogP contribution is 2.29. The lowest BCUT2D eigenvalue weighted by molar-refractivity contribution is -0.137. The van der Waals surface area contributed by atoms with Gasteiger partial charge in [0, 0.05) is 13.6 Å². The molecule has 0 spiro atoms. The van der Waals surface area contributed by atoms with E-state index in [-0.39, 0.29) is 17.3 Å². The van der Waals surface area contributed by atoms with Crippen LogP contribution in [0.4, 0.5) is 13.2 Å². The van der Waals surface area contributed by atoms with Crippen molar-refractivity contribution in [2.75, 3.05) is 0 Å². The maximum Gasteiger partial charge on any atom is 0.416 e. The van der Waals surface area contributed by atoms with E-state index in [4.69, 9.17) is 11.6 Å². The van der Waals surface area contributed by atoms with Crippen LogP contribution < -0.4 is 5.32 Å². The van der Waals surface area contributed by atoms with Crippen molar-refractivity contribution in [3.63, 3.8) is 0 Å². The molecule has 1 amide bonds. The number of benzene rings is 1. The third-order valence-corrected chi connectivity index (χ3v) is 3.27. The normalized spacial score (nSPS) is 11.5. The van der Waals surface area contributed by atoms with Gasteiger partial charge in [0.1, 0.15) is 5.15 Å². The number of halogens is 4. The molecule has 0 aliphatic rings. The Labute approximate surface area is 123 Å². The minimum absolute atomic E-state index is 0.0338. The van der Waals surface area contributed by atoms with Crippen LogP contribution in [0.5, 0.6) is 0 Å². The van der Waals surface area contributed by atoms with Gasteiger partial charge >= 0.3 is 6.18 Å². The van der Waals surface area contributed by atoms with E-state index in [0.29, 0.717) is 5.56 Å². The van der Waals surface area contributed by atoms with Gasteiger partial charge in [-0.15, -0.1) is 0 Å². The van der Waals surface area contributed by atoms with E-state index in [0.717, 1.165) is 12.1 Å². The molecule has 2 rings (SSSR count). The summed E-state index contributed by atoms with van der Waals surface area (Å²) in [5, 5.41) is 6.48. The van der Waals surface area contributed by atoms with Crippen LogP contribution in [0.25, 0.3) is 0 Å². The molecule has 2 aromatic rings. The van der Waals surface area contributed by atoms with E-state index in [1.54, 1.807) is 7.05 Å². The molecule has 4 nitrogen and oxygen atoms in total. The maximum absolute atomic E-state index is 12.6. The standard InChI is InChI=1S/C13H11ClF3N3O/c1-20-11(14)10(7-19-20)12(21)18-6-8-3-2-4-9(5-8)13(15,16)17/h2-5,7H,6H2,1H3,(H,18,21). The molecular weight excluding hydrogens is 307 g/mol. The summed E-state index contributed by atoms with van der Waals surface area (Å²) in [5.41, 5.74) is -0.238. The van der Waals surface area contributed by atoms with Gasteiger partial charge < -0.3 is 5.32 Å². The predicted octanol–water partition coefficient (Wildman–Crippen LogP) is 3.02. The fourth-order valence-electron chi connectivity index (χ4n) is 1.71. The number of hydrogen-bond acceptors (Lipinski definition) is 2. The van der Waals surface area contributed by atoms with Crippen molar-refractivity contribution < 1.29 is 18.0 Å². The molecule has 21 heavy (non-hydrogen) atoms. The van der Waals surface area contributed by atoms with E-state index < -0.39 is 17.6 Å². The van der Waals surface area contributed by atoms with E-state index in [1.807, 2.05) is 0 Å². The number of aromatic nitrogens is 2. The van der Waals surface area contributed by atoms with Gasteiger partial charge in [-0.2, -0.15) is 18.3 Å². The number of carbonyl (C=O) groups excluding carboxylic acids is 1. The number of alkyl halides is 3. The average molecular weight is 318 g/mol. The van der Waals surface area contributed by atoms with Crippen molar-refractivity contribution in [3.05, 3.63) is 52.3 Å². The first-order valence-electron chi connectivity index (χ1n) is 5.91. The summed E-state index contributed by atoms with van der Waals surface area (Å²) in [7, 11) is 1.58. The third-order valence-electron chi connectivity index (χ3n) is 2.82. The number of aryl methyl sites for hydroxylation is 1. The molecule has 0 aliphatic carbocycles. The molecule has 0 saturated heterocycles. The number of rotatable bonds is 3. The van der Waals surface area contributed by atoms with Crippen LogP contribution in [-0.2, 0) is 19.8 Å². The molecule has 0 saturated carbocycles. The van der Waals surface area contributed by atoms with Crippen LogP contribution in [0, 0.1) is 0 Å². The van der Waals surface area contributed by atoms with Gasteiger partial charge in [-0.3, -0.25) is 9.48 Å². The Kier molecular flexibility index (Phi) is 4.22. The predicted molar refractivity (Wildman–Crippen MR) is 70.8 cm³/mol. The first-order valence-corrected chi connectivity index (χ1v) is 6.28. The van der Waals surface area contributed by atoms with Crippen molar-refractivity contribution in [2.24, 2.45) is 7.05 Å². The Hall–Kier alpha value is -2.02. The molecule has 0 atom stereocenters. The molecule has 0 radical (unpaired) electrons. The molecule has 1 heterocycles. The highest BCUT2D eigenvalue weighted by atomic mass is 35.5. The van der Waals surface area contributed by atoms with Gasteiger partial charge in [0.2, 0.25) is 0 Å². The number of amides is 1. The summed E-state index contributed by atoms with van der Waals surface area (Å²) >= 11 is 5.86. The fourth-order valence-corrected chi connectivity index (χ4v) is 1.89. The van der Waals surface area contributed by atoms with Gasteiger partial charge in [0.05, 0.1) is 17.3 Å². The zero-order valence-electron chi connectivity index (χ0n) is 10.9. The largest absolute Gasteiger partial charge is 0.416 e. The van der Waals surface area contributed by atoms with Crippen molar-refractivity contribution in [1.29, 1.82) is 0 Å². The van der Waals surface area contributed by atoms with Crippen molar-refractivity contribution >= 4 is 17.5 Å². The Balaban J connectivity index is 2.07. The van der Waals surface area contributed by atoms with Gasteiger partial charge in [0.25, 0.3) is 5.91 Å². The monoisotopic (exact) mass is 317 g/mol. The summed E-state index contributed by atoms with van der Waals surface area (Å²) in [6, 6.07) is 4.76. The molecule has 0 unspecified atom stereocenters. The van der Waals surface area contributed by atoms with Gasteiger partial charge in [0.15, 0.2) is 0 Å². The lowest BCUT2D eigenvalue weighted by Gasteiger charge is -2.09. The topological polar surface area (TPSA) is 46.9 Å². The second-order valence-corrected chi connectivity index (χ2v) is 4.71. The van der Waals surface area contributed by atoms with Crippen LogP contribution in [0.2, 0.25) is 5.15 Å². The van der Waals surface area contributed by atoms with E-state index in [1.165, 1.54) is 23.0 Å². The number of hydrogen-bond donors (Lipinski definition) is 1. The molecule has 0 bridgehead atoms. The summed E-state index contributed by atoms with van der Waals surface area (Å²) < 4.78 is 39.0. The second-order valence-electron chi connectivity index (χ2n) is 4.35. The summed E-state index contributed by atoms with van der Waals surface area (Å²) in [6.07, 6.45) is -3.11. The summed E-state index contributed by atoms with van der Waals surface area (Å²) in [6.45, 7) is -0.0338. The Morgan fingerprint density at radius 1 is 1.43 bits per heavy atom. The molecule has 112 valence electrons. The molecule has 1 N–H and O–H groups in total. The SMILES string of the molecule is Cn1ncc(C(=O)NCc2cccc(C(F)(F)F)c2)c1Cl. The van der Waals surface area contributed by atoms with Gasteiger partial charge in [-0.05, 0) is 17.7 Å². The quantitative estimate of drug-likeness (QED) is 0.946. The fraction of sp³-hybridized carbons (Fsp3) is 0.231. The molecule has 8 heteroatoms. The molecule has 1 aromatic carbocycles. The number of carbonyl (C=O) groups is 1. The van der Waals surface area contributed by atoms with E-state index in [2.05, 4.69) is 10.4 Å². The Morgan fingerprint density at radius 3 is 2.71 bits per heavy atom. The highest BCUT2D eigenvalue weighted by molar-refractivity contribution is 6.32. The third kappa shape index (κ3) is 3.55. The number of nitrogens with one attached hydrogen (secondary N) is 1. The Morgan fingerprint density at radius 2 is 2.14 bits per heavy atom. The van der Waals surface area contributed by atoms with Gasteiger partial charge in [-0.25, -0.2) is 0 Å². The average Bonchev–Trinajstić information content (AvgIpc) is 2.76. The van der Waals surface area contributed by atoms with E-state index in [9.17, 15) is 18.0 Å². The van der Waals surface area contributed by atoms with Crippen LogP contribution in [0.3, 0.4) is 0 Å². The van der Waals surface area contributed by atoms with Crippen molar-refractivity contribution in [1.82, 2.24) is 15.1 Å². The van der Waals surface area contributed by atoms with E-state index >= 15 is 0 Å². The molecular formula is C13H11ClF3N3O. The summed E-state index contributed by atoms with van der Waals surface area (Å²) in [5.74, 6) is -0.495. The maximum atomic E-state index is 12.6. The van der Waals surface area contributed by atoms with Crippen LogP contribution in [-0.4, -0.2) is 15.7 Å². The van der Waals surface area contributed by atoms with Crippen LogP contribution in [0.15, 0.2) is 30.5 Å². The molecule has 1 aromatic heterocycles. The minimum atomic E-state index is -4.41. The summed E-state index contributed by atoms with van der Waals surface area (Å²) in [4.78, 5) is 11.9. The van der Waals surface area contributed by atoms with Crippen LogP contribution in [0.1, 0.15) is 21.5 Å². The van der Waals surface area contributed by atoms with Crippen molar-refractivity contribution in [3.8, 4) is 0 Å². The zero-order chi connectivity index (χ0) is 15.6. The van der Waals surface area contributed by atoms with Gasteiger partial charge in [-0.1, -0.05) is 23.7 Å². The molecule has 0 fully saturated rings. The van der Waals surface area contributed by atoms with Crippen LogP contribution >= 0.6 is 11.6 Å². The molecule has 0 aliphatic heterocycles.